The fraction of sp³-hybridized carbons (Fsp3) is 0.238. The van der Waals surface area contributed by atoms with Crippen LogP contribution in [0.25, 0.3) is 28.5 Å². The summed E-state index contributed by atoms with van der Waals surface area (Å²) < 4.78 is 41.8. The fourth-order valence-corrected chi connectivity index (χ4v) is 3.99. The van der Waals surface area contributed by atoms with Crippen LogP contribution in [-0.4, -0.2) is 60.5 Å². The number of methoxy groups -OCH3 is 3. The Balaban J connectivity index is 2.09. The van der Waals surface area contributed by atoms with Gasteiger partial charge in [-0.2, -0.15) is 0 Å². The van der Waals surface area contributed by atoms with Crippen molar-refractivity contribution in [2.75, 3.05) is 27.6 Å². The van der Waals surface area contributed by atoms with Crippen molar-refractivity contribution < 1.29 is 22.6 Å². The van der Waals surface area contributed by atoms with Gasteiger partial charge in [0.25, 0.3) is 0 Å². The largest absolute Gasteiger partial charge is 0.494 e. The predicted molar refractivity (Wildman–Crippen MR) is 118 cm³/mol. The lowest BCUT2D eigenvalue weighted by molar-refractivity contribution is 0.391. The molecule has 4 aromatic rings. The van der Waals surface area contributed by atoms with Crippen molar-refractivity contribution in [3.05, 3.63) is 48.3 Å². The molecule has 0 bridgehead atoms. The second kappa shape index (κ2) is 8.42. The Morgan fingerprint density at radius 2 is 1.59 bits per heavy atom. The average Bonchev–Trinajstić information content (AvgIpc) is 3.15. The van der Waals surface area contributed by atoms with Crippen LogP contribution in [0.4, 0.5) is 0 Å². The molecule has 32 heavy (non-hydrogen) atoms. The first kappa shape index (κ1) is 21.5. The summed E-state index contributed by atoms with van der Waals surface area (Å²) >= 11 is 0. The molecule has 0 spiro atoms. The molecule has 0 aliphatic rings. The average molecular weight is 455 g/mol. The van der Waals surface area contributed by atoms with E-state index in [9.17, 15) is 8.42 Å². The Morgan fingerprint density at radius 3 is 2.22 bits per heavy atom. The van der Waals surface area contributed by atoms with E-state index in [1.807, 2.05) is 0 Å². The van der Waals surface area contributed by atoms with E-state index in [0.29, 0.717) is 51.6 Å². The van der Waals surface area contributed by atoms with Crippen LogP contribution < -0.4 is 14.2 Å². The van der Waals surface area contributed by atoms with Crippen molar-refractivity contribution in [3.8, 4) is 34.6 Å². The summed E-state index contributed by atoms with van der Waals surface area (Å²) in [7, 11) is 1.30. The summed E-state index contributed by atoms with van der Waals surface area (Å²) in [4.78, 5) is 18.0. The van der Waals surface area contributed by atoms with Crippen LogP contribution in [0.3, 0.4) is 0 Å². The van der Waals surface area contributed by atoms with Gasteiger partial charge < -0.3 is 14.2 Å². The van der Waals surface area contributed by atoms with E-state index in [0.717, 1.165) is 6.26 Å². The SMILES string of the molecule is COc1cccc(-c2nc3ncc(CS(C)(=O)=O)nc3n2-c2c(OC)cccc2OC)n1. The smallest absolute Gasteiger partial charge is 0.213 e. The summed E-state index contributed by atoms with van der Waals surface area (Å²) in [6, 6.07) is 10.6. The standard InChI is InChI=1S/C21H21N5O5S/c1-29-15-8-6-9-16(30-2)18(15)26-20(14-7-5-10-17(24-14)31-3)25-19-21(26)23-13(11-22-19)12-32(4,27)28/h5-11H,12H2,1-4H3. The van der Waals surface area contributed by atoms with Crippen molar-refractivity contribution >= 4 is 21.1 Å². The highest BCUT2D eigenvalue weighted by atomic mass is 32.2. The molecule has 0 N–H and O–H groups in total. The van der Waals surface area contributed by atoms with Gasteiger partial charge in [-0.1, -0.05) is 12.1 Å². The van der Waals surface area contributed by atoms with Crippen molar-refractivity contribution in [3.63, 3.8) is 0 Å². The fourth-order valence-electron chi connectivity index (χ4n) is 3.31. The Kier molecular flexibility index (Phi) is 5.66. The van der Waals surface area contributed by atoms with Gasteiger partial charge in [-0.15, -0.1) is 0 Å². The normalized spacial score (nSPS) is 11.5. The van der Waals surface area contributed by atoms with E-state index in [4.69, 9.17) is 14.2 Å². The van der Waals surface area contributed by atoms with Gasteiger partial charge >= 0.3 is 0 Å². The van der Waals surface area contributed by atoms with E-state index in [-0.39, 0.29) is 5.75 Å². The van der Waals surface area contributed by atoms with Gasteiger partial charge in [-0.05, 0) is 18.2 Å². The predicted octanol–water partition coefficient (Wildman–Crippen LogP) is 2.45. The number of sulfone groups is 1. The monoisotopic (exact) mass is 455 g/mol. The lowest BCUT2D eigenvalue weighted by Crippen LogP contribution is -2.07. The molecule has 3 aromatic heterocycles. The van der Waals surface area contributed by atoms with Crippen molar-refractivity contribution in [1.82, 2.24) is 24.5 Å². The quantitative estimate of drug-likeness (QED) is 0.414. The number of para-hydroxylation sites is 1. The molecule has 0 fully saturated rings. The Morgan fingerprint density at radius 1 is 0.906 bits per heavy atom. The molecule has 0 unspecified atom stereocenters. The maximum Gasteiger partial charge on any atom is 0.213 e. The number of rotatable bonds is 7. The molecule has 0 radical (unpaired) electrons. The van der Waals surface area contributed by atoms with Gasteiger partial charge in [0.15, 0.2) is 27.0 Å². The van der Waals surface area contributed by atoms with Gasteiger partial charge in [0.05, 0.1) is 39.0 Å². The summed E-state index contributed by atoms with van der Waals surface area (Å²) in [5, 5.41) is 0. The summed E-state index contributed by atoms with van der Waals surface area (Å²) in [6.45, 7) is 0. The van der Waals surface area contributed by atoms with Crippen LogP contribution in [-0.2, 0) is 15.6 Å². The molecular formula is C21H21N5O5S. The lowest BCUT2D eigenvalue weighted by Gasteiger charge is -2.16. The minimum Gasteiger partial charge on any atom is -0.494 e. The van der Waals surface area contributed by atoms with E-state index < -0.39 is 9.84 Å². The van der Waals surface area contributed by atoms with Crippen LogP contribution in [0.15, 0.2) is 42.6 Å². The first-order valence-electron chi connectivity index (χ1n) is 9.49. The molecule has 3 heterocycles. The number of fused-ring (bicyclic) bond motifs is 1. The molecule has 0 aliphatic heterocycles. The number of nitrogens with zero attached hydrogens (tertiary/aromatic N) is 5. The van der Waals surface area contributed by atoms with Gasteiger partial charge in [0, 0.05) is 12.3 Å². The summed E-state index contributed by atoms with van der Waals surface area (Å²) in [5.74, 6) is 1.58. The van der Waals surface area contributed by atoms with Gasteiger partial charge in [-0.25, -0.2) is 28.4 Å². The lowest BCUT2D eigenvalue weighted by atomic mass is 10.2. The molecule has 0 aliphatic carbocycles. The third kappa shape index (κ3) is 4.06. The van der Waals surface area contributed by atoms with E-state index in [1.54, 1.807) is 55.2 Å². The molecule has 4 rings (SSSR count). The molecule has 0 saturated heterocycles. The van der Waals surface area contributed by atoms with Crippen LogP contribution in [0.5, 0.6) is 17.4 Å². The molecule has 10 nitrogen and oxygen atoms in total. The van der Waals surface area contributed by atoms with Crippen LogP contribution in [0, 0.1) is 0 Å². The second-order valence-electron chi connectivity index (χ2n) is 6.93. The zero-order valence-electron chi connectivity index (χ0n) is 17.9. The Hall–Kier alpha value is -3.73. The van der Waals surface area contributed by atoms with Crippen molar-refractivity contribution in [2.45, 2.75) is 5.75 Å². The highest BCUT2D eigenvalue weighted by molar-refractivity contribution is 7.89. The van der Waals surface area contributed by atoms with E-state index in [2.05, 4.69) is 19.9 Å². The number of pyridine rings is 1. The molecule has 1 aromatic carbocycles. The molecule has 0 saturated carbocycles. The minimum atomic E-state index is -3.31. The van der Waals surface area contributed by atoms with Crippen LogP contribution >= 0.6 is 0 Å². The van der Waals surface area contributed by atoms with Gasteiger partial charge in [-0.3, -0.25) is 4.57 Å². The van der Waals surface area contributed by atoms with Gasteiger partial charge in [0.1, 0.15) is 22.9 Å². The molecule has 11 heteroatoms. The van der Waals surface area contributed by atoms with Crippen molar-refractivity contribution in [2.24, 2.45) is 0 Å². The van der Waals surface area contributed by atoms with E-state index in [1.165, 1.54) is 13.3 Å². The zero-order chi connectivity index (χ0) is 22.9. The number of aromatic nitrogens is 5. The van der Waals surface area contributed by atoms with Gasteiger partial charge in [0.2, 0.25) is 5.88 Å². The third-order valence-electron chi connectivity index (χ3n) is 4.62. The summed E-state index contributed by atoms with van der Waals surface area (Å²) in [5.41, 5.74) is 1.98. The first-order chi connectivity index (χ1) is 15.3. The van der Waals surface area contributed by atoms with Crippen molar-refractivity contribution in [1.29, 1.82) is 0 Å². The second-order valence-corrected chi connectivity index (χ2v) is 9.07. The Labute approximate surface area is 184 Å². The number of hydrogen-bond donors (Lipinski definition) is 0. The summed E-state index contributed by atoms with van der Waals surface area (Å²) in [6.07, 6.45) is 2.55. The highest BCUT2D eigenvalue weighted by Crippen LogP contribution is 2.37. The highest BCUT2D eigenvalue weighted by Gasteiger charge is 2.24. The molecule has 0 atom stereocenters. The number of imidazole rings is 1. The van der Waals surface area contributed by atoms with Crippen LogP contribution in [0.1, 0.15) is 5.69 Å². The molecule has 166 valence electrons. The topological polar surface area (TPSA) is 118 Å². The van der Waals surface area contributed by atoms with Crippen LogP contribution in [0.2, 0.25) is 0 Å². The van der Waals surface area contributed by atoms with E-state index >= 15 is 0 Å². The minimum absolute atomic E-state index is 0.253. The number of benzene rings is 1. The zero-order valence-corrected chi connectivity index (χ0v) is 18.8. The maximum atomic E-state index is 11.8. The Bertz CT molecular complexity index is 1380. The maximum absolute atomic E-state index is 11.8. The first-order valence-corrected chi connectivity index (χ1v) is 11.6. The third-order valence-corrected chi connectivity index (χ3v) is 5.44. The molecular weight excluding hydrogens is 434 g/mol. The number of ether oxygens (including phenoxy) is 3. The number of hydrogen-bond acceptors (Lipinski definition) is 9. The molecule has 0 amide bonds.